The summed E-state index contributed by atoms with van der Waals surface area (Å²) in [4.78, 5) is 14.1. The normalized spacial score (nSPS) is 18.5. The smallest absolute Gasteiger partial charge is 0.237 e. The molecular weight excluding hydrogens is 238 g/mol. The zero-order chi connectivity index (χ0) is 14.3. The third-order valence-electron chi connectivity index (χ3n) is 3.87. The number of hydrogen-bond acceptors (Lipinski definition) is 3. The lowest BCUT2D eigenvalue weighted by Crippen LogP contribution is -2.54. The Morgan fingerprint density at radius 3 is 2.26 bits per heavy atom. The molecule has 0 saturated heterocycles. The molecule has 0 aromatic heterocycles. The molecule has 1 aliphatic rings. The van der Waals surface area contributed by atoms with E-state index in [1.165, 1.54) is 25.7 Å². The van der Waals surface area contributed by atoms with Crippen molar-refractivity contribution in [2.24, 2.45) is 5.73 Å². The summed E-state index contributed by atoms with van der Waals surface area (Å²) in [6, 6.07) is 0.514. The molecule has 112 valence electrons. The second kappa shape index (κ2) is 7.85. The summed E-state index contributed by atoms with van der Waals surface area (Å²) in [5.41, 5.74) is 5.04. The maximum Gasteiger partial charge on any atom is 0.237 e. The van der Waals surface area contributed by atoms with Crippen LogP contribution in [-0.4, -0.2) is 42.0 Å². The maximum atomic E-state index is 11.7. The molecule has 0 aromatic carbocycles. The molecule has 4 heteroatoms. The van der Waals surface area contributed by atoms with Crippen LogP contribution in [0.4, 0.5) is 0 Å². The van der Waals surface area contributed by atoms with Crippen molar-refractivity contribution in [2.75, 3.05) is 19.6 Å². The molecule has 0 heterocycles. The highest BCUT2D eigenvalue weighted by Crippen LogP contribution is 2.24. The van der Waals surface area contributed by atoms with Gasteiger partial charge in [0, 0.05) is 6.04 Å². The minimum absolute atomic E-state index is 0.211. The Hall–Kier alpha value is -0.610. The van der Waals surface area contributed by atoms with Crippen molar-refractivity contribution in [1.29, 1.82) is 0 Å². The predicted octanol–water partition coefficient (Wildman–Crippen LogP) is 1.88. The Morgan fingerprint density at radius 2 is 1.84 bits per heavy atom. The van der Waals surface area contributed by atoms with Crippen LogP contribution >= 0.6 is 0 Å². The summed E-state index contributed by atoms with van der Waals surface area (Å²) in [5, 5.41) is 3.41. The second-order valence-electron chi connectivity index (χ2n) is 6.06. The number of primary amides is 1. The number of hydrogen-bond donors (Lipinski definition) is 2. The summed E-state index contributed by atoms with van der Waals surface area (Å²) in [5.74, 6) is -0.211. The van der Waals surface area contributed by atoms with E-state index in [1.807, 2.05) is 6.92 Å². The molecule has 0 bridgehead atoms. The number of nitrogens with one attached hydrogen (secondary N) is 1. The van der Waals surface area contributed by atoms with E-state index in [0.717, 1.165) is 32.5 Å². The first-order valence-corrected chi connectivity index (χ1v) is 7.81. The average molecular weight is 269 g/mol. The van der Waals surface area contributed by atoms with Gasteiger partial charge in [-0.3, -0.25) is 4.79 Å². The third-order valence-corrected chi connectivity index (χ3v) is 3.87. The predicted molar refractivity (Wildman–Crippen MR) is 80.0 cm³/mol. The van der Waals surface area contributed by atoms with E-state index < -0.39 is 5.54 Å². The van der Waals surface area contributed by atoms with Crippen LogP contribution in [0.2, 0.25) is 0 Å². The highest BCUT2D eigenvalue weighted by Gasteiger charge is 2.36. The van der Waals surface area contributed by atoms with Crippen LogP contribution in [0.25, 0.3) is 0 Å². The van der Waals surface area contributed by atoms with Gasteiger partial charge in [0.25, 0.3) is 0 Å². The zero-order valence-corrected chi connectivity index (χ0v) is 12.9. The quantitative estimate of drug-likeness (QED) is 0.602. The van der Waals surface area contributed by atoms with E-state index in [-0.39, 0.29) is 5.91 Å². The van der Waals surface area contributed by atoms with Crippen LogP contribution in [0.3, 0.4) is 0 Å². The fraction of sp³-hybridized carbons (Fsp3) is 0.933. The van der Waals surface area contributed by atoms with Gasteiger partial charge in [-0.1, -0.05) is 13.8 Å². The number of nitrogens with zero attached hydrogens (tertiary/aromatic N) is 1. The maximum absolute atomic E-state index is 11.7. The number of carbonyl (C=O) groups excluding carboxylic acids is 1. The molecule has 1 aliphatic carbocycles. The van der Waals surface area contributed by atoms with Gasteiger partial charge in [0.2, 0.25) is 5.91 Å². The van der Waals surface area contributed by atoms with E-state index in [2.05, 4.69) is 24.1 Å². The van der Waals surface area contributed by atoms with Crippen LogP contribution in [0.15, 0.2) is 0 Å². The molecule has 3 N–H and O–H groups in total. The van der Waals surface area contributed by atoms with Gasteiger partial charge >= 0.3 is 0 Å². The van der Waals surface area contributed by atoms with Gasteiger partial charge in [-0.15, -0.1) is 0 Å². The van der Waals surface area contributed by atoms with Gasteiger partial charge in [-0.25, -0.2) is 0 Å². The van der Waals surface area contributed by atoms with Crippen molar-refractivity contribution >= 4 is 5.91 Å². The minimum atomic E-state index is -0.523. The molecule has 1 unspecified atom stereocenters. The van der Waals surface area contributed by atoms with E-state index in [4.69, 9.17) is 5.73 Å². The number of carbonyl (C=O) groups is 1. The molecule has 4 nitrogen and oxygen atoms in total. The molecule has 1 amide bonds. The Labute approximate surface area is 118 Å². The van der Waals surface area contributed by atoms with Gasteiger partial charge in [-0.05, 0) is 65.1 Å². The second-order valence-corrected chi connectivity index (χ2v) is 6.06. The van der Waals surface area contributed by atoms with Gasteiger partial charge in [-0.2, -0.15) is 0 Å². The van der Waals surface area contributed by atoms with Crippen LogP contribution in [0.5, 0.6) is 0 Å². The summed E-state index contributed by atoms with van der Waals surface area (Å²) in [6.45, 7) is 9.75. The summed E-state index contributed by atoms with van der Waals surface area (Å²) >= 11 is 0. The van der Waals surface area contributed by atoms with Crippen molar-refractivity contribution < 1.29 is 4.79 Å². The Kier molecular flexibility index (Phi) is 6.80. The largest absolute Gasteiger partial charge is 0.368 e. The summed E-state index contributed by atoms with van der Waals surface area (Å²) in [6.07, 6.45) is 6.60. The molecule has 0 aliphatic heterocycles. The Balaban J connectivity index is 2.35. The fourth-order valence-corrected chi connectivity index (χ4v) is 2.57. The zero-order valence-electron chi connectivity index (χ0n) is 12.9. The first-order chi connectivity index (χ1) is 9.01. The van der Waals surface area contributed by atoms with E-state index in [1.54, 1.807) is 0 Å². The lowest BCUT2D eigenvalue weighted by atomic mass is 9.94. The van der Waals surface area contributed by atoms with Crippen LogP contribution in [-0.2, 0) is 4.79 Å². The molecule has 19 heavy (non-hydrogen) atoms. The summed E-state index contributed by atoms with van der Waals surface area (Å²) < 4.78 is 0. The Morgan fingerprint density at radius 1 is 1.26 bits per heavy atom. The molecule has 0 aromatic rings. The van der Waals surface area contributed by atoms with Crippen LogP contribution in [0, 0.1) is 0 Å². The van der Waals surface area contributed by atoms with E-state index in [9.17, 15) is 4.79 Å². The number of nitrogens with two attached hydrogens (primary N) is 1. The SMILES string of the molecule is CCCN(CCC)CCCC(C)(NC1CC1)C(N)=O. The van der Waals surface area contributed by atoms with Gasteiger partial charge < -0.3 is 16.0 Å². The molecule has 1 atom stereocenters. The first kappa shape index (κ1) is 16.4. The lowest BCUT2D eigenvalue weighted by molar-refractivity contribution is -0.124. The van der Waals surface area contributed by atoms with Crippen molar-refractivity contribution in [1.82, 2.24) is 10.2 Å². The molecule has 1 saturated carbocycles. The topological polar surface area (TPSA) is 58.4 Å². The molecular formula is C15H31N3O. The number of rotatable bonds is 11. The highest BCUT2D eigenvalue weighted by atomic mass is 16.1. The van der Waals surface area contributed by atoms with Crippen molar-refractivity contribution in [3.8, 4) is 0 Å². The first-order valence-electron chi connectivity index (χ1n) is 7.81. The molecule has 0 radical (unpaired) electrons. The van der Waals surface area contributed by atoms with Crippen molar-refractivity contribution in [2.45, 2.75) is 70.9 Å². The molecule has 0 spiro atoms. The standard InChI is InChI=1S/C15H31N3O/c1-4-10-18(11-5-2)12-6-9-15(3,14(16)19)17-13-7-8-13/h13,17H,4-12H2,1-3H3,(H2,16,19). The summed E-state index contributed by atoms with van der Waals surface area (Å²) in [7, 11) is 0. The molecule has 1 fully saturated rings. The number of amides is 1. The third kappa shape index (κ3) is 5.91. The van der Waals surface area contributed by atoms with Crippen molar-refractivity contribution in [3.63, 3.8) is 0 Å². The van der Waals surface area contributed by atoms with Gasteiger partial charge in [0.15, 0.2) is 0 Å². The van der Waals surface area contributed by atoms with E-state index in [0.29, 0.717) is 6.04 Å². The van der Waals surface area contributed by atoms with Crippen LogP contribution < -0.4 is 11.1 Å². The highest BCUT2D eigenvalue weighted by molar-refractivity contribution is 5.84. The van der Waals surface area contributed by atoms with Gasteiger partial charge in [0.1, 0.15) is 0 Å². The average Bonchev–Trinajstić information content (AvgIpc) is 3.13. The van der Waals surface area contributed by atoms with Crippen molar-refractivity contribution in [3.05, 3.63) is 0 Å². The minimum Gasteiger partial charge on any atom is -0.368 e. The van der Waals surface area contributed by atoms with Gasteiger partial charge in [0.05, 0.1) is 5.54 Å². The van der Waals surface area contributed by atoms with E-state index >= 15 is 0 Å². The lowest BCUT2D eigenvalue weighted by Gasteiger charge is -2.29. The molecule has 1 rings (SSSR count). The Bertz CT molecular complexity index is 273. The van der Waals surface area contributed by atoms with Crippen LogP contribution in [0.1, 0.15) is 59.3 Å². The monoisotopic (exact) mass is 269 g/mol. The fourth-order valence-electron chi connectivity index (χ4n) is 2.57.